The number of hydrogen-bond donors (Lipinski definition) is 1. The molecule has 0 aliphatic carbocycles. The summed E-state index contributed by atoms with van der Waals surface area (Å²) in [5, 5.41) is 2.95. The molecule has 1 unspecified atom stereocenters. The standard InChI is InChI=1S/C22H26N2O2/c1-2-3-7-17-10-12-20(13-11-17)23-22(26)19-14-21(25)24(16-19)15-18-8-5-4-6-9-18/h4-6,8-13,19H,2-3,7,14-16H2,1H3,(H,23,26). The first-order chi connectivity index (χ1) is 12.7. The van der Waals surface area contributed by atoms with Crippen molar-refractivity contribution >= 4 is 17.5 Å². The zero-order valence-corrected chi connectivity index (χ0v) is 15.3. The van der Waals surface area contributed by atoms with E-state index in [2.05, 4.69) is 24.4 Å². The number of nitrogens with zero attached hydrogens (tertiary/aromatic N) is 1. The minimum absolute atomic E-state index is 0.0453. The Labute approximate surface area is 155 Å². The molecule has 2 aromatic rings. The molecule has 0 radical (unpaired) electrons. The van der Waals surface area contributed by atoms with Crippen molar-refractivity contribution in [2.45, 2.75) is 39.2 Å². The molecule has 136 valence electrons. The summed E-state index contributed by atoms with van der Waals surface area (Å²) in [5.41, 5.74) is 3.17. The van der Waals surface area contributed by atoms with Gasteiger partial charge in [0.05, 0.1) is 5.92 Å². The van der Waals surface area contributed by atoms with Gasteiger partial charge in [-0.3, -0.25) is 9.59 Å². The molecular weight excluding hydrogens is 324 g/mol. The van der Waals surface area contributed by atoms with Gasteiger partial charge in [-0.05, 0) is 36.1 Å². The van der Waals surface area contributed by atoms with Crippen LogP contribution in [0.1, 0.15) is 37.3 Å². The van der Waals surface area contributed by atoms with Crippen molar-refractivity contribution in [3.63, 3.8) is 0 Å². The monoisotopic (exact) mass is 350 g/mol. The minimum Gasteiger partial charge on any atom is -0.338 e. The van der Waals surface area contributed by atoms with E-state index in [4.69, 9.17) is 0 Å². The summed E-state index contributed by atoms with van der Waals surface area (Å²) in [7, 11) is 0. The maximum Gasteiger partial charge on any atom is 0.229 e. The molecule has 0 aromatic heterocycles. The zero-order valence-electron chi connectivity index (χ0n) is 15.3. The van der Waals surface area contributed by atoms with Crippen LogP contribution in [0.15, 0.2) is 54.6 Å². The van der Waals surface area contributed by atoms with Crippen LogP contribution in [0.4, 0.5) is 5.69 Å². The fraction of sp³-hybridized carbons (Fsp3) is 0.364. The van der Waals surface area contributed by atoms with E-state index in [1.807, 2.05) is 42.5 Å². The molecule has 0 spiro atoms. The molecule has 2 amide bonds. The quantitative estimate of drug-likeness (QED) is 0.820. The Morgan fingerprint density at radius 2 is 1.81 bits per heavy atom. The van der Waals surface area contributed by atoms with E-state index in [9.17, 15) is 9.59 Å². The van der Waals surface area contributed by atoms with Crippen LogP contribution < -0.4 is 5.32 Å². The van der Waals surface area contributed by atoms with Crippen LogP contribution in [0, 0.1) is 5.92 Å². The topological polar surface area (TPSA) is 49.4 Å². The van der Waals surface area contributed by atoms with Crippen LogP contribution >= 0.6 is 0 Å². The van der Waals surface area contributed by atoms with Crippen molar-refractivity contribution in [2.24, 2.45) is 5.92 Å². The summed E-state index contributed by atoms with van der Waals surface area (Å²) in [5.74, 6) is -0.315. The van der Waals surface area contributed by atoms with Crippen molar-refractivity contribution < 1.29 is 9.59 Å². The number of benzene rings is 2. The highest BCUT2D eigenvalue weighted by molar-refractivity contribution is 5.97. The van der Waals surface area contributed by atoms with E-state index in [0.717, 1.165) is 17.7 Å². The zero-order chi connectivity index (χ0) is 18.4. The van der Waals surface area contributed by atoms with Crippen LogP contribution in [0.5, 0.6) is 0 Å². The molecule has 26 heavy (non-hydrogen) atoms. The molecule has 1 saturated heterocycles. The Morgan fingerprint density at radius 1 is 1.08 bits per heavy atom. The SMILES string of the molecule is CCCCc1ccc(NC(=O)C2CC(=O)N(Cc3ccccc3)C2)cc1. The van der Waals surface area contributed by atoms with Gasteiger partial charge in [0.1, 0.15) is 0 Å². The third kappa shape index (κ3) is 4.72. The number of amides is 2. The van der Waals surface area contributed by atoms with Crippen molar-refractivity contribution in [1.82, 2.24) is 4.90 Å². The molecule has 1 N–H and O–H groups in total. The average Bonchev–Trinajstić information content (AvgIpc) is 3.03. The van der Waals surface area contributed by atoms with Gasteiger partial charge in [0.15, 0.2) is 0 Å². The second-order valence-corrected chi connectivity index (χ2v) is 6.95. The molecule has 2 aromatic carbocycles. The van der Waals surface area contributed by atoms with Crippen LogP contribution in [-0.2, 0) is 22.6 Å². The number of likely N-dealkylation sites (tertiary alicyclic amines) is 1. The van der Waals surface area contributed by atoms with Crippen LogP contribution in [0.25, 0.3) is 0 Å². The predicted molar refractivity (Wildman–Crippen MR) is 104 cm³/mol. The second-order valence-electron chi connectivity index (χ2n) is 6.95. The van der Waals surface area contributed by atoms with Crippen LogP contribution in [-0.4, -0.2) is 23.3 Å². The summed E-state index contributed by atoms with van der Waals surface area (Å²) in [6.45, 7) is 3.22. The van der Waals surface area contributed by atoms with Gasteiger partial charge < -0.3 is 10.2 Å². The van der Waals surface area contributed by atoms with E-state index in [-0.39, 0.29) is 24.2 Å². The molecular formula is C22H26N2O2. The predicted octanol–water partition coefficient (Wildman–Crippen LogP) is 4.02. The largest absolute Gasteiger partial charge is 0.338 e. The lowest BCUT2D eigenvalue weighted by atomic mass is 10.1. The Hall–Kier alpha value is -2.62. The number of rotatable bonds is 7. The van der Waals surface area contributed by atoms with Gasteiger partial charge in [-0.25, -0.2) is 0 Å². The summed E-state index contributed by atoms with van der Waals surface area (Å²) >= 11 is 0. The number of carbonyl (C=O) groups excluding carboxylic acids is 2. The second kappa shape index (κ2) is 8.65. The van der Waals surface area contributed by atoms with Crippen molar-refractivity contribution in [3.05, 3.63) is 65.7 Å². The van der Waals surface area contributed by atoms with Gasteiger partial charge >= 0.3 is 0 Å². The molecule has 0 bridgehead atoms. The summed E-state index contributed by atoms with van der Waals surface area (Å²) in [4.78, 5) is 26.5. The lowest BCUT2D eigenvalue weighted by Crippen LogP contribution is -2.28. The molecule has 4 heteroatoms. The number of nitrogens with one attached hydrogen (secondary N) is 1. The maximum absolute atomic E-state index is 12.5. The summed E-state index contributed by atoms with van der Waals surface area (Å²) < 4.78 is 0. The third-order valence-electron chi connectivity index (χ3n) is 4.84. The first-order valence-electron chi connectivity index (χ1n) is 9.37. The summed E-state index contributed by atoms with van der Waals surface area (Å²) in [6.07, 6.45) is 3.70. The first-order valence-corrected chi connectivity index (χ1v) is 9.37. The fourth-order valence-corrected chi connectivity index (χ4v) is 3.28. The Morgan fingerprint density at radius 3 is 2.50 bits per heavy atom. The number of unbranched alkanes of at least 4 members (excludes halogenated alkanes) is 1. The van der Waals surface area contributed by atoms with Gasteiger partial charge in [0, 0.05) is 25.2 Å². The van der Waals surface area contributed by atoms with Gasteiger partial charge in [0.2, 0.25) is 11.8 Å². The fourth-order valence-electron chi connectivity index (χ4n) is 3.28. The average molecular weight is 350 g/mol. The van der Waals surface area contributed by atoms with E-state index >= 15 is 0 Å². The molecule has 0 saturated carbocycles. The highest BCUT2D eigenvalue weighted by Crippen LogP contribution is 2.22. The molecule has 1 heterocycles. The lowest BCUT2D eigenvalue weighted by molar-refractivity contribution is -0.128. The maximum atomic E-state index is 12.5. The highest BCUT2D eigenvalue weighted by Gasteiger charge is 2.34. The lowest BCUT2D eigenvalue weighted by Gasteiger charge is -2.16. The van der Waals surface area contributed by atoms with Crippen molar-refractivity contribution in [1.29, 1.82) is 0 Å². The van der Waals surface area contributed by atoms with Crippen LogP contribution in [0.3, 0.4) is 0 Å². The molecule has 1 aliphatic heterocycles. The summed E-state index contributed by atoms with van der Waals surface area (Å²) in [6, 6.07) is 17.9. The normalized spacial score (nSPS) is 16.7. The van der Waals surface area contributed by atoms with Crippen LogP contribution in [0.2, 0.25) is 0 Å². The molecule has 3 rings (SSSR count). The Balaban J connectivity index is 1.54. The number of anilines is 1. The van der Waals surface area contributed by atoms with Gasteiger partial charge in [-0.15, -0.1) is 0 Å². The van der Waals surface area contributed by atoms with Gasteiger partial charge in [0.25, 0.3) is 0 Å². The smallest absolute Gasteiger partial charge is 0.229 e. The Kier molecular flexibility index (Phi) is 6.05. The van der Waals surface area contributed by atoms with E-state index < -0.39 is 0 Å². The van der Waals surface area contributed by atoms with E-state index in [1.165, 1.54) is 18.4 Å². The van der Waals surface area contributed by atoms with E-state index in [0.29, 0.717) is 13.1 Å². The Bertz CT molecular complexity index is 740. The molecule has 4 nitrogen and oxygen atoms in total. The van der Waals surface area contributed by atoms with Crippen molar-refractivity contribution in [2.75, 3.05) is 11.9 Å². The van der Waals surface area contributed by atoms with E-state index in [1.54, 1.807) is 4.90 Å². The number of carbonyl (C=O) groups is 2. The number of hydrogen-bond acceptors (Lipinski definition) is 2. The minimum atomic E-state index is -0.286. The number of aryl methyl sites for hydroxylation is 1. The first kappa shape index (κ1) is 18.2. The molecule has 1 fully saturated rings. The van der Waals surface area contributed by atoms with Crippen molar-refractivity contribution in [3.8, 4) is 0 Å². The van der Waals surface area contributed by atoms with Gasteiger partial charge in [-0.1, -0.05) is 55.8 Å². The molecule has 1 aliphatic rings. The molecule has 1 atom stereocenters. The van der Waals surface area contributed by atoms with Gasteiger partial charge in [-0.2, -0.15) is 0 Å². The third-order valence-corrected chi connectivity index (χ3v) is 4.84. The highest BCUT2D eigenvalue weighted by atomic mass is 16.2.